The summed E-state index contributed by atoms with van der Waals surface area (Å²) >= 11 is 0. The molecule has 0 radical (unpaired) electrons. The Morgan fingerprint density at radius 2 is 2.38 bits per heavy atom. The van der Waals surface area contributed by atoms with Gasteiger partial charge in [-0.25, -0.2) is 0 Å². The third kappa shape index (κ3) is 3.57. The second kappa shape index (κ2) is 4.99. The van der Waals surface area contributed by atoms with Crippen molar-refractivity contribution in [2.45, 2.75) is 33.1 Å². The minimum Gasteiger partial charge on any atom is -0.371 e. The van der Waals surface area contributed by atoms with Crippen molar-refractivity contribution < 1.29 is 9.26 Å². The average molecular weight is 184 g/mol. The molecule has 4 heteroatoms. The van der Waals surface area contributed by atoms with Gasteiger partial charge in [0.2, 0.25) is 0 Å². The van der Waals surface area contributed by atoms with Crippen molar-refractivity contribution in [2.75, 3.05) is 7.05 Å². The van der Waals surface area contributed by atoms with E-state index in [1.807, 2.05) is 27.0 Å². The molecular weight excluding hydrogens is 168 g/mol. The molecule has 0 fully saturated rings. The van der Waals surface area contributed by atoms with Crippen LogP contribution in [-0.2, 0) is 17.9 Å². The molecule has 0 bridgehead atoms. The van der Waals surface area contributed by atoms with E-state index in [1.165, 1.54) is 0 Å². The van der Waals surface area contributed by atoms with Crippen LogP contribution < -0.4 is 5.32 Å². The Balaban J connectivity index is 2.39. The van der Waals surface area contributed by atoms with Gasteiger partial charge >= 0.3 is 0 Å². The number of nitrogens with zero attached hydrogens (tertiary/aromatic N) is 1. The summed E-state index contributed by atoms with van der Waals surface area (Å²) in [6, 6.07) is 1.90. The lowest BCUT2D eigenvalue weighted by Gasteiger charge is -2.03. The Kier molecular flexibility index (Phi) is 3.92. The lowest BCUT2D eigenvalue weighted by molar-refractivity contribution is 0.0512. The lowest BCUT2D eigenvalue weighted by Crippen LogP contribution is -2.04. The van der Waals surface area contributed by atoms with Crippen molar-refractivity contribution in [3.05, 3.63) is 17.5 Å². The van der Waals surface area contributed by atoms with Crippen LogP contribution in [0.5, 0.6) is 0 Å². The molecule has 0 saturated heterocycles. The predicted molar refractivity (Wildman–Crippen MR) is 49.2 cm³/mol. The summed E-state index contributed by atoms with van der Waals surface area (Å²) in [5, 5.41) is 6.87. The zero-order valence-electron chi connectivity index (χ0n) is 8.33. The van der Waals surface area contributed by atoms with Gasteiger partial charge < -0.3 is 14.6 Å². The maximum Gasteiger partial charge on any atom is 0.162 e. The van der Waals surface area contributed by atoms with Crippen LogP contribution in [0.2, 0.25) is 0 Å². The van der Waals surface area contributed by atoms with E-state index in [9.17, 15) is 0 Å². The van der Waals surface area contributed by atoms with E-state index in [4.69, 9.17) is 9.26 Å². The van der Waals surface area contributed by atoms with Crippen LogP contribution in [-0.4, -0.2) is 18.3 Å². The van der Waals surface area contributed by atoms with Crippen LogP contribution in [0.3, 0.4) is 0 Å². The molecule has 0 spiro atoms. The molecule has 0 aliphatic heterocycles. The van der Waals surface area contributed by atoms with Crippen LogP contribution >= 0.6 is 0 Å². The van der Waals surface area contributed by atoms with Crippen molar-refractivity contribution in [1.82, 2.24) is 10.5 Å². The minimum absolute atomic E-state index is 0.220. The normalized spacial score (nSPS) is 11.1. The van der Waals surface area contributed by atoms with Crippen molar-refractivity contribution >= 4 is 0 Å². The van der Waals surface area contributed by atoms with Gasteiger partial charge in [0.15, 0.2) is 5.76 Å². The van der Waals surface area contributed by atoms with Gasteiger partial charge in [-0.05, 0) is 20.9 Å². The van der Waals surface area contributed by atoms with Gasteiger partial charge in [0, 0.05) is 12.6 Å². The van der Waals surface area contributed by atoms with E-state index >= 15 is 0 Å². The highest BCUT2D eigenvalue weighted by Crippen LogP contribution is 2.06. The molecule has 0 unspecified atom stereocenters. The van der Waals surface area contributed by atoms with Gasteiger partial charge in [0.05, 0.1) is 11.8 Å². The molecule has 1 N–H and O–H groups in total. The number of ether oxygens (including phenoxy) is 1. The number of hydrogen-bond donors (Lipinski definition) is 1. The zero-order valence-corrected chi connectivity index (χ0v) is 8.33. The molecule has 1 rings (SSSR count). The van der Waals surface area contributed by atoms with Crippen LogP contribution in [0.4, 0.5) is 0 Å². The summed E-state index contributed by atoms with van der Waals surface area (Å²) in [6.45, 7) is 5.20. The molecule has 0 aromatic carbocycles. The van der Waals surface area contributed by atoms with Crippen LogP contribution in [0.15, 0.2) is 10.6 Å². The summed E-state index contributed by atoms with van der Waals surface area (Å²) in [6.07, 6.45) is 0.220. The highest BCUT2D eigenvalue weighted by atomic mass is 16.5. The highest BCUT2D eigenvalue weighted by Gasteiger charge is 2.03. The average Bonchev–Trinajstić information content (AvgIpc) is 2.50. The molecule has 0 amide bonds. The summed E-state index contributed by atoms with van der Waals surface area (Å²) < 4.78 is 10.4. The first-order valence-electron chi connectivity index (χ1n) is 4.43. The Morgan fingerprint density at radius 1 is 1.62 bits per heavy atom. The molecule has 1 heterocycles. The SMILES string of the molecule is CNCc1cc(COC(C)C)on1. The third-order valence-corrected chi connectivity index (χ3v) is 1.52. The smallest absolute Gasteiger partial charge is 0.162 e. The summed E-state index contributed by atoms with van der Waals surface area (Å²) in [7, 11) is 1.87. The van der Waals surface area contributed by atoms with E-state index in [0.29, 0.717) is 6.61 Å². The molecule has 13 heavy (non-hydrogen) atoms. The Morgan fingerprint density at radius 3 is 3.00 bits per heavy atom. The second-order valence-corrected chi connectivity index (χ2v) is 3.17. The maximum atomic E-state index is 5.37. The first kappa shape index (κ1) is 10.2. The van der Waals surface area contributed by atoms with Gasteiger partial charge in [-0.2, -0.15) is 0 Å². The van der Waals surface area contributed by atoms with Crippen LogP contribution in [0.25, 0.3) is 0 Å². The fraction of sp³-hybridized carbons (Fsp3) is 0.667. The monoisotopic (exact) mass is 184 g/mol. The van der Waals surface area contributed by atoms with E-state index in [2.05, 4.69) is 10.5 Å². The molecule has 1 aromatic heterocycles. The number of aromatic nitrogens is 1. The van der Waals surface area contributed by atoms with Crippen LogP contribution in [0.1, 0.15) is 25.3 Å². The summed E-state index contributed by atoms with van der Waals surface area (Å²) in [4.78, 5) is 0. The van der Waals surface area contributed by atoms with E-state index < -0.39 is 0 Å². The topological polar surface area (TPSA) is 47.3 Å². The molecule has 0 atom stereocenters. The van der Waals surface area contributed by atoms with Crippen molar-refractivity contribution in [1.29, 1.82) is 0 Å². The number of hydrogen-bond acceptors (Lipinski definition) is 4. The van der Waals surface area contributed by atoms with Crippen molar-refractivity contribution in [3.63, 3.8) is 0 Å². The van der Waals surface area contributed by atoms with Gasteiger partial charge in [-0.3, -0.25) is 0 Å². The lowest BCUT2D eigenvalue weighted by atomic mass is 10.3. The summed E-state index contributed by atoms with van der Waals surface area (Å²) in [5.74, 6) is 0.777. The Labute approximate surface area is 78.2 Å². The molecule has 0 saturated carbocycles. The molecule has 0 aliphatic rings. The Hall–Kier alpha value is -0.870. The first-order valence-corrected chi connectivity index (χ1v) is 4.43. The van der Waals surface area contributed by atoms with Gasteiger partial charge in [-0.1, -0.05) is 5.16 Å². The van der Waals surface area contributed by atoms with E-state index in [0.717, 1.165) is 18.0 Å². The van der Waals surface area contributed by atoms with E-state index in [1.54, 1.807) is 0 Å². The maximum absolute atomic E-state index is 5.37. The second-order valence-electron chi connectivity index (χ2n) is 3.17. The van der Waals surface area contributed by atoms with Crippen molar-refractivity contribution in [3.8, 4) is 0 Å². The van der Waals surface area contributed by atoms with Crippen LogP contribution in [0, 0.1) is 0 Å². The number of rotatable bonds is 5. The zero-order chi connectivity index (χ0) is 9.68. The largest absolute Gasteiger partial charge is 0.371 e. The number of nitrogens with one attached hydrogen (secondary N) is 1. The van der Waals surface area contributed by atoms with Gasteiger partial charge in [0.25, 0.3) is 0 Å². The standard InChI is InChI=1S/C9H16N2O2/c1-7(2)12-6-9-4-8(5-10-3)11-13-9/h4,7,10H,5-6H2,1-3H3. The highest BCUT2D eigenvalue weighted by molar-refractivity contribution is 5.03. The third-order valence-electron chi connectivity index (χ3n) is 1.52. The quantitative estimate of drug-likeness (QED) is 0.749. The molecule has 0 aliphatic carbocycles. The van der Waals surface area contributed by atoms with Gasteiger partial charge in [0.1, 0.15) is 6.61 Å². The predicted octanol–water partition coefficient (Wildman–Crippen LogP) is 1.32. The molecule has 4 nitrogen and oxygen atoms in total. The first-order chi connectivity index (χ1) is 6.22. The fourth-order valence-electron chi connectivity index (χ4n) is 0.937. The molecule has 74 valence electrons. The van der Waals surface area contributed by atoms with E-state index in [-0.39, 0.29) is 6.10 Å². The molecular formula is C9H16N2O2. The Bertz CT molecular complexity index is 246. The summed E-state index contributed by atoms with van der Waals surface area (Å²) in [5.41, 5.74) is 0.907. The van der Waals surface area contributed by atoms with Gasteiger partial charge in [-0.15, -0.1) is 0 Å². The molecule has 1 aromatic rings. The fourth-order valence-corrected chi connectivity index (χ4v) is 0.937. The van der Waals surface area contributed by atoms with Crippen molar-refractivity contribution in [2.24, 2.45) is 0 Å². The minimum atomic E-state index is 0.220.